The molecule has 0 spiro atoms. The largest absolute Gasteiger partial charge is 0.362 e. The molecule has 1 aliphatic heterocycles. The Kier molecular flexibility index (Phi) is 6.41. The normalized spacial score (nSPS) is 24.4. The zero-order chi connectivity index (χ0) is 22.0. The molecule has 1 aromatic carbocycles. The Balaban J connectivity index is 1.41. The van der Waals surface area contributed by atoms with Crippen molar-refractivity contribution in [2.45, 2.75) is 57.0 Å². The van der Waals surface area contributed by atoms with E-state index in [1.54, 1.807) is 12.1 Å². The van der Waals surface area contributed by atoms with Crippen LogP contribution in [0.15, 0.2) is 18.2 Å². The minimum absolute atomic E-state index is 0.0623. The SMILES string of the molecule is NC1CCC(NC(=O)c2ccc(N3CCN(C(=O)C4CCC4)CC3)c([N+](=O)[O-])c2)CC1. The third-order valence-electron chi connectivity index (χ3n) is 6.93. The van der Waals surface area contributed by atoms with Crippen LogP contribution < -0.4 is 16.0 Å². The van der Waals surface area contributed by atoms with Gasteiger partial charge in [0, 0.05) is 55.8 Å². The van der Waals surface area contributed by atoms with E-state index < -0.39 is 4.92 Å². The number of hydrogen-bond acceptors (Lipinski definition) is 6. The summed E-state index contributed by atoms with van der Waals surface area (Å²) in [6.07, 6.45) is 6.48. The van der Waals surface area contributed by atoms with Gasteiger partial charge in [-0.3, -0.25) is 19.7 Å². The number of piperazine rings is 1. The van der Waals surface area contributed by atoms with Crippen molar-refractivity contribution in [3.63, 3.8) is 0 Å². The highest BCUT2D eigenvalue weighted by Gasteiger charge is 2.32. The lowest BCUT2D eigenvalue weighted by molar-refractivity contribution is -0.384. The average Bonchev–Trinajstić information content (AvgIpc) is 2.73. The van der Waals surface area contributed by atoms with Crippen LogP contribution in [0.5, 0.6) is 0 Å². The zero-order valence-electron chi connectivity index (χ0n) is 17.8. The molecule has 0 radical (unpaired) electrons. The monoisotopic (exact) mass is 429 g/mol. The van der Waals surface area contributed by atoms with Crippen LogP contribution in [-0.2, 0) is 4.79 Å². The minimum Gasteiger partial charge on any atom is -0.362 e. The maximum Gasteiger partial charge on any atom is 0.293 e. The van der Waals surface area contributed by atoms with E-state index >= 15 is 0 Å². The molecule has 0 aromatic heterocycles. The Labute approximate surface area is 182 Å². The summed E-state index contributed by atoms with van der Waals surface area (Å²) in [6, 6.07) is 4.93. The molecule has 4 rings (SSSR count). The zero-order valence-corrected chi connectivity index (χ0v) is 17.8. The van der Waals surface area contributed by atoms with Crippen LogP contribution >= 0.6 is 0 Å². The van der Waals surface area contributed by atoms with Crippen LogP contribution in [0.1, 0.15) is 55.3 Å². The van der Waals surface area contributed by atoms with Gasteiger partial charge in [-0.2, -0.15) is 0 Å². The van der Waals surface area contributed by atoms with Gasteiger partial charge in [0.25, 0.3) is 11.6 Å². The van der Waals surface area contributed by atoms with Gasteiger partial charge in [-0.15, -0.1) is 0 Å². The first kappa shape index (κ1) is 21.5. The molecular formula is C22H31N5O4. The fourth-order valence-corrected chi connectivity index (χ4v) is 4.69. The molecule has 168 valence electrons. The average molecular weight is 430 g/mol. The summed E-state index contributed by atoms with van der Waals surface area (Å²) >= 11 is 0. The van der Waals surface area contributed by atoms with E-state index in [0.29, 0.717) is 37.4 Å². The van der Waals surface area contributed by atoms with Gasteiger partial charge < -0.3 is 20.9 Å². The molecule has 0 unspecified atom stereocenters. The van der Waals surface area contributed by atoms with Gasteiger partial charge in [0.2, 0.25) is 5.91 Å². The number of nitro groups is 1. The molecular weight excluding hydrogens is 398 g/mol. The molecule has 2 amide bonds. The summed E-state index contributed by atoms with van der Waals surface area (Å²) in [5.41, 5.74) is 6.64. The lowest BCUT2D eigenvalue weighted by atomic mass is 9.84. The number of carbonyl (C=O) groups excluding carboxylic acids is 2. The lowest BCUT2D eigenvalue weighted by Gasteiger charge is -2.39. The van der Waals surface area contributed by atoms with E-state index in [4.69, 9.17) is 5.73 Å². The maximum atomic E-state index is 12.6. The number of hydrogen-bond donors (Lipinski definition) is 2. The predicted molar refractivity (Wildman–Crippen MR) is 117 cm³/mol. The predicted octanol–water partition coefficient (Wildman–Crippen LogP) is 2.04. The number of nitrogens with zero attached hydrogens (tertiary/aromatic N) is 3. The summed E-state index contributed by atoms with van der Waals surface area (Å²) in [6.45, 7) is 2.23. The van der Waals surface area contributed by atoms with E-state index in [1.807, 2.05) is 9.80 Å². The standard InChI is InChI=1S/C22H31N5O4/c23-17-5-7-18(8-6-17)24-21(28)16-4-9-19(20(14-16)27(30)31)25-10-12-26(13-11-25)22(29)15-2-1-3-15/h4,9,14-15,17-18H,1-3,5-8,10-13,23H2,(H,24,28). The summed E-state index contributed by atoms with van der Waals surface area (Å²) < 4.78 is 0. The maximum absolute atomic E-state index is 12.6. The van der Waals surface area contributed by atoms with Crippen LogP contribution in [0, 0.1) is 16.0 Å². The first-order chi connectivity index (χ1) is 14.9. The first-order valence-electron chi connectivity index (χ1n) is 11.3. The van der Waals surface area contributed by atoms with Crippen molar-refractivity contribution in [3.8, 4) is 0 Å². The van der Waals surface area contributed by atoms with Crippen molar-refractivity contribution >= 4 is 23.2 Å². The van der Waals surface area contributed by atoms with Gasteiger partial charge >= 0.3 is 0 Å². The number of nitro benzene ring substituents is 1. The van der Waals surface area contributed by atoms with Crippen molar-refractivity contribution in [3.05, 3.63) is 33.9 Å². The molecule has 1 heterocycles. The highest BCUT2D eigenvalue weighted by atomic mass is 16.6. The van der Waals surface area contributed by atoms with Gasteiger partial charge in [-0.25, -0.2) is 0 Å². The van der Waals surface area contributed by atoms with Crippen LogP contribution in [-0.4, -0.2) is 59.9 Å². The summed E-state index contributed by atoms with van der Waals surface area (Å²) in [5, 5.41) is 14.7. The molecule has 1 saturated heterocycles. The molecule has 1 aromatic rings. The van der Waals surface area contributed by atoms with Gasteiger partial charge in [-0.1, -0.05) is 6.42 Å². The van der Waals surface area contributed by atoms with E-state index in [0.717, 1.165) is 44.9 Å². The summed E-state index contributed by atoms with van der Waals surface area (Å²) in [5.74, 6) is 0.0979. The number of amides is 2. The van der Waals surface area contributed by atoms with Crippen LogP contribution in [0.25, 0.3) is 0 Å². The van der Waals surface area contributed by atoms with Gasteiger partial charge in [0.05, 0.1) is 4.92 Å². The third-order valence-corrected chi connectivity index (χ3v) is 6.93. The second-order valence-electron chi connectivity index (χ2n) is 8.99. The third kappa shape index (κ3) is 4.81. The van der Waals surface area contributed by atoms with Crippen molar-refractivity contribution in [1.29, 1.82) is 0 Å². The minimum atomic E-state index is -0.433. The summed E-state index contributed by atoms with van der Waals surface area (Å²) in [7, 11) is 0. The molecule has 31 heavy (non-hydrogen) atoms. The number of nitrogens with two attached hydrogens (primary N) is 1. The van der Waals surface area contributed by atoms with E-state index in [2.05, 4.69) is 5.32 Å². The van der Waals surface area contributed by atoms with Gasteiger partial charge in [0.1, 0.15) is 5.69 Å². The van der Waals surface area contributed by atoms with Crippen molar-refractivity contribution in [1.82, 2.24) is 10.2 Å². The molecule has 3 aliphatic rings. The topological polar surface area (TPSA) is 122 Å². The Bertz CT molecular complexity index is 840. The molecule has 3 fully saturated rings. The molecule has 9 heteroatoms. The Hall–Kier alpha value is -2.68. The molecule has 2 saturated carbocycles. The van der Waals surface area contributed by atoms with E-state index in [1.165, 1.54) is 6.07 Å². The van der Waals surface area contributed by atoms with E-state index in [9.17, 15) is 19.7 Å². The first-order valence-corrected chi connectivity index (χ1v) is 11.3. The van der Waals surface area contributed by atoms with Crippen LogP contribution in [0.2, 0.25) is 0 Å². The van der Waals surface area contributed by atoms with Crippen LogP contribution in [0.4, 0.5) is 11.4 Å². The number of benzene rings is 1. The smallest absolute Gasteiger partial charge is 0.293 e. The second kappa shape index (κ2) is 9.21. The Morgan fingerprint density at radius 3 is 2.29 bits per heavy atom. The Morgan fingerprint density at radius 1 is 1.03 bits per heavy atom. The van der Waals surface area contributed by atoms with Gasteiger partial charge in [-0.05, 0) is 50.7 Å². The fourth-order valence-electron chi connectivity index (χ4n) is 4.69. The lowest BCUT2D eigenvalue weighted by Crippen LogP contribution is -2.51. The highest BCUT2D eigenvalue weighted by Crippen LogP contribution is 2.32. The van der Waals surface area contributed by atoms with Crippen molar-refractivity contribution in [2.75, 3.05) is 31.1 Å². The molecule has 2 aliphatic carbocycles. The summed E-state index contributed by atoms with van der Waals surface area (Å²) in [4.78, 5) is 40.2. The van der Waals surface area contributed by atoms with Gasteiger partial charge in [0.15, 0.2) is 0 Å². The van der Waals surface area contributed by atoms with Crippen LogP contribution in [0.3, 0.4) is 0 Å². The number of rotatable bonds is 5. The number of carbonyl (C=O) groups is 2. The number of anilines is 1. The second-order valence-corrected chi connectivity index (χ2v) is 8.99. The number of nitrogens with one attached hydrogen (secondary N) is 1. The highest BCUT2D eigenvalue weighted by molar-refractivity contribution is 5.96. The van der Waals surface area contributed by atoms with Crippen molar-refractivity contribution in [2.24, 2.45) is 11.7 Å². The Morgan fingerprint density at radius 2 is 1.71 bits per heavy atom. The fraction of sp³-hybridized carbons (Fsp3) is 0.636. The van der Waals surface area contributed by atoms with Crippen molar-refractivity contribution < 1.29 is 14.5 Å². The molecule has 9 nitrogen and oxygen atoms in total. The molecule has 0 bridgehead atoms. The van der Waals surface area contributed by atoms with E-state index in [-0.39, 0.29) is 35.5 Å². The quantitative estimate of drug-likeness (QED) is 0.546. The molecule has 0 atom stereocenters. The molecule has 3 N–H and O–H groups in total.